The van der Waals surface area contributed by atoms with Crippen LogP contribution in [0.3, 0.4) is 0 Å². The third-order valence-electron chi connectivity index (χ3n) is 9.65. The van der Waals surface area contributed by atoms with Gasteiger partial charge in [-0.1, -0.05) is 53.5 Å². The zero-order chi connectivity index (χ0) is 32.8. The quantitative estimate of drug-likeness (QED) is 0.208. The number of hydrogen-bond acceptors (Lipinski definition) is 4. The maximum atomic E-state index is 14.7. The maximum Gasteiger partial charge on any atom is 0.254 e. The van der Waals surface area contributed by atoms with E-state index in [0.717, 1.165) is 11.1 Å². The van der Waals surface area contributed by atoms with Gasteiger partial charge in [0.05, 0.1) is 28.0 Å². The molecule has 2 atom stereocenters. The minimum Gasteiger partial charge on any atom is -0.341 e. The summed E-state index contributed by atoms with van der Waals surface area (Å²) in [4.78, 5) is 15.5. The number of likely N-dealkylation sites (N-methyl/N-ethyl adjacent to an activating group) is 1. The maximum absolute atomic E-state index is 14.7. The van der Waals surface area contributed by atoms with Gasteiger partial charge in [0.1, 0.15) is 11.6 Å². The predicted molar refractivity (Wildman–Crippen MR) is 181 cm³/mol. The van der Waals surface area contributed by atoms with Gasteiger partial charge >= 0.3 is 0 Å². The van der Waals surface area contributed by atoms with Crippen LogP contribution in [0.2, 0.25) is 10.0 Å². The van der Waals surface area contributed by atoms with E-state index in [-0.39, 0.29) is 18.4 Å². The number of sulfonamides is 1. The summed E-state index contributed by atoms with van der Waals surface area (Å²) in [5, 5.41) is 5.04. The number of carbonyl (C=O) groups is 1. The molecule has 1 fully saturated rings. The van der Waals surface area contributed by atoms with E-state index in [1.165, 1.54) is 34.8 Å². The average Bonchev–Trinajstić information content (AvgIpc) is 3.29. The normalized spacial score (nSPS) is 18.1. The standard InChI is InChI=1S/C35H35Cl2F2N3O3S/c1-41(34(43)27-10-12-31(39)26-6-4-3-5-25(26)27)21-23(22-7-11-29(36)30(37)19-22)8-14-33-35(15-17-40-18-16-35)28-20-24(38)9-13-32(28)42(33)46(2,44)45/h3-7,9-13,19-20,23,33,40H,8,14-18,21H2,1-2H3/t23-,33?/m1/s1. The molecule has 1 spiro atoms. The molecule has 2 aliphatic heterocycles. The average molecular weight is 687 g/mol. The summed E-state index contributed by atoms with van der Waals surface area (Å²) in [6.07, 6.45) is 3.47. The Bertz CT molecular complexity index is 1920. The second-order valence-corrected chi connectivity index (χ2v) is 15.1. The SMILES string of the molecule is CN(C[C@@H](CCC1N(S(C)(=O)=O)c2ccc(F)cc2C12CCNCC2)c1ccc(Cl)c(Cl)c1)C(=O)c1ccc(F)c2ccccc12. The van der Waals surface area contributed by atoms with Crippen molar-refractivity contribution in [3.63, 3.8) is 0 Å². The molecule has 6 nitrogen and oxygen atoms in total. The number of fused-ring (bicyclic) bond motifs is 3. The predicted octanol–water partition coefficient (Wildman–Crippen LogP) is 7.53. The number of nitrogens with one attached hydrogen (secondary N) is 1. The molecule has 0 saturated carbocycles. The molecule has 0 radical (unpaired) electrons. The van der Waals surface area contributed by atoms with Crippen LogP contribution in [0.4, 0.5) is 14.5 Å². The van der Waals surface area contributed by atoms with Crippen LogP contribution < -0.4 is 9.62 Å². The topological polar surface area (TPSA) is 69.7 Å². The summed E-state index contributed by atoms with van der Waals surface area (Å²) in [7, 11) is -2.01. The van der Waals surface area contributed by atoms with E-state index in [1.807, 2.05) is 6.07 Å². The van der Waals surface area contributed by atoms with Crippen molar-refractivity contribution in [3.05, 3.63) is 111 Å². The van der Waals surface area contributed by atoms with Crippen molar-refractivity contribution in [2.45, 2.75) is 43.1 Å². The Labute approximate surface area is 278 Å². The van der Waals surface area contributed by atoms with Gasteiger partial charge in [-0.2, -0.15) is 0 Å². The van der Waals surface area contributed by atoms with Crippen LogP contribution in [0.1, 0.15) is 53.1 Å². The van der Waals surface area contributed by atoms with Crippen LogP contribution in [-0.4, -0.2) is 58.2 Å². The molecular formula is C35H35Cl2F2N3O3S. The summed E-state index contributed by atoms with van der Waals surface area (Å²) in [5.41, 5.74) is 1.92. The molecule has 1 amide bonds. The summed E-state index contributed by atoms with van der Waals surface area (Å²) in [6.45, 7) is 1.65. The lowest BCUT2D eigenvalue weighted by molar-refractivity contribution is 0.0785. The Morgan fingerprint density at radius 2 is 1.72 bits per heavy atom. The Morgan fingerprint density at radius 3 is 2.41 bits per heavy atom. The lowest BCUT2D eigenvalue weighted by Gasteiger charge is -2.42. The highest BCUT2D eigenvalue weighted by molar-refractivity contribution is 7.92. The van der Waals surface area contributed by atoms with Crippen molar-refractivity contribution in [1.82, 2.24) is 10.2 Å². The Hall–Kier alpha value is -3.24. The van der Waals surface area contributed by atoms with Gasteiger partial charge in [-0.3, -0.25) is 9.10 Å². The molecule has 6 rings (SSSR count). The minimum absolute atomic E-state index is 0.254. The zero-order valence-electron chi connectivity index (χ0n) is 25.6. The molecule has 11 heteroatoms. The first-order chi connectivity index (χ1) is 21.9. The number of anilines is 1. The second-order valence-electron chi connectivity index (χ2n) is 12.4. The van der Waals surface area contributed by atoms with E-state index >= 15 is 0 Å². The van der Waals surface area contributed by atoms with Crippen LogP contribution in [0.5, 0.6) is 0 Å². The molecule has 0 aliphatic carbocycles. The van der Waals surface area contributed by atoms with Gasteiger partial charge in [0, 0.05) is 35.9 Å². The Morgan fingerprint density at radius 1 is 1.00 bits per heavy atom. The molecule has 4 aromatic carbocycles. The van der Waals surface area contributed by atoms with Crippen molar-refractivity contribution >= 4 is 55.6 Å². The third-order valence-corrected chi connectivity index (χ3v) is 11.6. The van der Waals surface area contributed by atoms with Gasteiger partial charge in [-0.15, -0.1) is 0 Å². The minimum atomic E-state index is -3.72. The van der Waals surface area contributed by atoms with E-state index in [0.29, 0.717) is 70.8 Å². The molecule has 2 aliphatic rings. The number of hydrogen-bond donors (Lipinski definition) is 1. The van der Waals surface area contributed by atoms with Gasteiger partial charge in [0.25, 0.3) is 5.91 Å². The van der Waals surface area contributed by atoms with Crippen LogP contribution in [0, 0.1) is 11.6 Å². The van der Waals surface area contributed by atoms with Gasteiger partial charge in [0.2, 0.25) is 10.0 Å². The number of halogens is 4. The first-order valence-electron chi connectivity index (χ1n) is 15.3. The highest BCUT2D eigenvalue weighted by Gasteiger charge is 2.53. The molecule has 0 aromatic heterocycles. The number of carbonyl (C=O) groups excluding carboxylic acids is 1. The van der Waals surface area contributed by atoms with E-state index in [4.69, 9.17) is 23.2 Å². The van der Waals surface area contributed by atoms with E-state index in [9.17, 15) is 22.0 Å². The van der Waals surface area contributed by atoms with Crippen LogP contribution >= 0.6 is 23.2 Å². The van der Waals surface area contributed by atoms with Crippen molar-refractivity contribution in [1.29, 1.82) is 0 Å². The van der Waals surface area contributed by atoms with Gasteiger partial charge in [-0.05, 0) is 97.8 Å². The summed E-state index contributed by atoms with van der Waals surface area (Å²) in [6, 6.07) is 19.0. The van der Waals surface area contributed by atoms with Crippen LogP contribution in [0.15, 0.2) is 72.8 Å². The fourth-order valence-corrected chi connectivity index (χ4v) is 9.10. The highest BCUT2D eigenvalue weighted by atomic mass is 35.5. The van der Waals surface area contributed by atoms with E-state index in [1.54, 1.807) is 54.4 Å². The number of piperidine rings is 1. The zero-order valence-corrected chi connectivity index (χ0v) is 27.9. The van der Waals surface area contributed by atoms with Gasteiger partial charge < -0.3 is 10.2 Å². The second kappa shape index (κ2) is 12.8. The smallest absolute Gasteiger partial charge is 0.254 e. The van der Waals surface area contributed by atoms with E-state index < -0.39 is 33.1 Å². The van der Waals surface area contributed by atoms with Crippen LogP contribution in [0.25, 0.3) is 10.8 Å². The summed E-state index contributed by atoms with van der Waals surface area (Å²) in [5.74, 6) is -1.32. The Kier molecular flexibility index (Phi) is 9.06. The fourth-order valence-electron chi connectivity index (χ4n) is 7.51. The fraction of sp³-hybridized carbons (Fsp3) is 0.343. The van der Waals surface area contributed by atoms with Crippen molar-refractivity contribution < 1.29 is 22.0 Å². The lowest BCUT2D eigenvalue weighted by atomic mass is 9.68. The molecule has 46 heavy (non-hydrogen) atoms. The molecule has 1 saturated heterocycles. The number of rotatable bonds is 8. The molecular weight excluding hydrogens is 651 g/mol. The van der Waals surface area contributed by atoms with Crippen molar-refractivity contribution in [2.24, 2.45) is 0 Å². The summed E-state index contributed by atoms with van der Waals surface area (Å²) >= 11 is 12.7. The van der Waals surface area contributed by atoms with Crippen LogP contribution in [-0.2, 0) is 15.4 Å². The largest absolute Gasteiger partial charge is 0.341 e. The first kappa shape index (κ1) is 32.7. The van der Waals surface area contributed by atoms with Crippen molar-refractivity contribution in [2.75, 3.05) is 37.2 Å². The van der Waals surface area contributed by atoms with Crippen molar-refractivity contribution in [3.8, 4) is 0 Å². The number of amides is 1. The Balaban J connectivity index is 1.35. The number of benzene rings is 4. The van der Waals surface area contributed by atoms with E-state index in [2.05, 4.69) is 5.32 Å². The van der Waals surface area contributed by atoms with Gasteiger partial charge in [0.15, 0.2) is 0 Å². The van der Waals surface area contributed by atoms with Gasteiger partial charge in [-0.25, -0.2) is 17.2 Å². The first-order valence-corrected chi connectivity index (χ1v) is 17.9. The molecule has 2 heterocycles. The number of nitrogens with zero attached hydrogens (tertiary/aromatic N) is 2. The molecule has 242 valence electrons. The molecule has 0 bridgehead atoms. The highest BCUT2D eigenvalue weighted by Crippen LogP contribution is 2.53. The summed E-state index contributed by atoms with van der Waals surface area (Å²) < 4.78 is 57.5. The molecule has 1 N–H and O–H groups in total. The molecule has 1 unspecified atom stereocenters. The lowest BCUT2D eigenvalue weighted by Crippen LogP contribution is -2.52. The third kappa shape index (κ3) is 5.99. The molecule has 4 aromatic rings. The monoisotopic (exact) mass is 685 g/mol.